The molecule has 0 unspecified atom stereocenters. The molecule has 5 nitrogen and oxygen atoms in total. The van der Waals surface area contributed by atoms with E-state index in [4.69, 9.17) is 0 Å². The first kappa shape index (κ1) is 14.0. The maximum Gasteiger partial charge on any atom is 0.326 e. The number of hydrogen-bond acceptors (Lipinski definition) is 3. The van der Waals surface area contributed by atoms with E-state index in [1.54, 1.807) is 0 Å². The maximum absolute atomic E-state index is 12.8. The van der Waals surface area contributed by atoms with E-state index in [-0.39, 0.29) is 41.4 Å². The summed E-state index contributed by atoms with van der Waals surface area (Å²) < 4.78 is 0. The highest BCUT2D eigenvalue weighted by Gasteiger charge is 2.67. The number of carbonyl (C=O) groups is 3. The van der Waals surface area contributed by atoms with Crippen molar-refractivity contribution >= 4 is 17.8 Å². The number of carbonyl (C=O) groups excluding carboxylic acids is 2. The van der Waals surface area contributed by atoms with Crippen molar-refractivity contribution in [2.45, 2.75) is 32.7 Å². The third-order valence-electron chi connectivity index (χ3n) is 5.99. The van der Waals surface area contributed by atoms with E-state index in [0.29, 0.717) is 18.3 Å². The lowest BCUT2D eigenvalue weighted by Crippen LogP contribution is -2.46. The van der Waals surface area contributed by atoms with Gasteiger partial charge in [-0.05, 0) is 42.4 Å². The largest absolute Gasteiger partial charge is 0.480 e. The number of carboxylic acid groups (broad SMARTS) is 1. The number of allylic oxidation sites excluding steroid dienone is 2. The Bertz CT molecular complexity index is 559. The zero-order valence-corrected chi connectivity index (χ0v) is 12.8. The molecule has 3 fully saturated rings. The van der Waals surface area contributed by atoms with Crippen molar-refractivity contribution in [3.05, 3.63) is 12.2 Å². The van der Waals surface area contributed by atoms with Crippen LogP contribution in [-0.2, 0) is 14.4 Å². The van der Waals surface area contributed by atoms with Crippen molar-refractivity contribution in [2.75, 3.05) is 0 Å². The molecule has 1 saturated heterocycles. The number of nitrogens with zero attached hydrogens (tertiary/aromatic N) is 1. The fraction of sp³-hybridized carbons (Fsp3) is 0.706. The fourth-order valence-corrected chi connectivity index (χ4v) is 5.05. The minimum Gasteiger partial charge on any atom is -0.480 e. The van der Waals surface area contributed by atoms with Crippen molar-refractivity contribution in [3.63, 3.8) is 0 Å². The van der Waals surface area contributed by atoms with Crippen molar-refractivity contribution in [1.29, 1.82) is 0 Å². The van der Waals surface area contributed by atoms with Crippen molar-refractivity contribution in [2.24, 2.45) is 41.4 Å². The summed E-state index contributed by atoms with van der Waals surface area (Å²) in [6, 6.07) is -1.01. The van der Waals surface area contributed by atoms with Gasteiger partial charge in [0, 0.05) is 0 Å². The minimum absolute atomic E-state index is 0.118. The molecule has 5 heteroatoms. The van der Waals surface area contributed by atoms with E-state index in [2.05, 4.69) is 12.2 Å². The summed E-state index contributed by atoms with van der Waals surface area (Å²) in [5.41, 5.74) is 0. The van der Waals surface area contributed by atoms with Gasteiger partial charge in [-0.1, -0.05) is 26.0 Å². The van der Waals surface area contributed by atoms with E-state index in [9.17, 15) is 19.5 Å². The second-order valence-corrected chi connectivity index (χ2v) is 7.68. The molecule has 1 heterocycles. The second kappa shape index (κ2) is 4.43. The highest BCUT2D eigenvalue weighted by Crippen LogP contribution is 2.65. The first-order valence-corrected chi connectivity index (χ1v) is 8.20. The van der Waals surface area contributed by atoms with Crippen LogP contribution in [0.15, 0.2) is 12.2 Å². The van der Waals surface area contributed by atoms with Gasteiger partial charge in [0.1, 0.15) is 6.04 Å². The average molecular weight is 303 g/mol. The van der Waals surface area contributed by atoms with Crippen LogP contribution in [-0.4, -0.2) is 33.8 Å². The lowest BCUT2D eigenvalue weighted by Gasteiger charge is -2.37. The summed E-state index contributed by atoms with van der Waals surface area (Å²) in [6.45, 7) is 3.82. The molecule has 2 saturated carbocycles. The molecule has 7 atom stereocenters. The Kier molecular flexibility index (Phi) is 2.81. The van der Waals surface area contributed by atoms with Gasteiger partial charge in [-0.15, -0.1) is 0 Å². The fourth-order valence-electron chi connectivity index (χ4n) is 5.05. The Hall–Kier alpha value is -1.65. The third-order valence-corrected chi connectivity index (χ3v) is 5.99. The van der Waals surface area contributed by atoms with Gasteiger partial charge in [0.05, 0.1) is 11.8 Å². The van der Waals surface area contributed by atoms with E-state index in [0.717, 1.165) is 11.3 Å². The van der Waals surface area contributed by atoms with E-state index < -0.39 is 12.0 Å². The highest BCUT2D eigenvalue weighted by atomic mass is 16.4. The van der Waals surface area contributed by atoms with Gasteiger partial charge in [0.2, 0.25) is 11.8 Å². The molecule has 2 bridgehead atoms. The Balaban J connectivity index is 1.68. The van der Waals surface area contributed by atoms with Crippen molar-refractivity contribution in [1.82, 2.24) is 4.90 Å². The van der Waals surface area contributed by atoms with E-state index in [1.165, 1.54) is 0 Å². The van der Waals surface area contributed by atoms with Crippen LogP contribution >= 0.6 is 0 Å². The van der Waals surface area contributed by atoms with Gasteiger partial charge >= 0.3 is 5.97 Å². The van der Waals surface area contributed by atoms with Crippen LogP contribution < -0.4 is 0 Å². The summed E-state index contributed by atoms with van der Waals surface area (Å²) in [4.78, 5) is 38.4. The molecule has 5 aliphatic rings. The van der Waals surface area contributed by atoms with Crippen LogP contribution in [0.5, 0.6) is 0 Å². The Morgan fingerprint density at radius 2 is 1.68 bits per heavy atom. The zero-order valence-electron chi connectivity index (χ0n) is 12.8. The van der Waals surface area contributed by atoms with Gasteiger partial charge in [-0.3, -0.25) is 14.5 Å². The summed E-state index contributed by atoms with van der Waals surface area (Å²) >= 11 is 0. The number of likely N-dealkylation sites (tertiary alicyclic amines) is 1. The van der Waals surface area contributed by atoms with Gasteiger partial charge in [-0.2, -0.15) is 0 Å². The third kappa shape index (κ3) is 1.68. The van der Waals surface area contributed by atoms with Gasteiger partial charge < -0.3 is 5.11 Å². The number of carboxylic acids is 1. The van der Waals surface area contributed by atoms with Gasteiger partial charge in [0.25, 0.3) is 0 Å². The number of imide groups is 1. The number of rotatable bonds is 4. The minimum atomic E-state index is -1.07. The van der Waals surface area contributed by atoms with Gasteiger partial charge in [-0.25, -0.2) is 4.79 Å². The molecule has 0 aromatic rings. The van der Waals surface area contributed by atoms with Crippen molar-refractivity contribution in [3.8, 4) is 0 Å². The van der Waals surface area contributed by atoms with Crippen LogP contribution in [0.1, 0.15) is 26.7 Å². The topological polar surface area (TPSA) is 74.7 Å². The quantitative estimate of drug-likeness (QED) is 0.631. The van der Waals surface area contributed by atoms with Crippen LogP contribution in [0, 0.1) is 41.4 Å². The van der Waals surface area contributed by atoms with Crippen LogP contribution in [0.2, 0.25) is 0 Å². The summed E-state index contributed by atoms with van der Waals surface area (Å²) in [5.74, 6) is -0.666. The maximum atomic E-state index is 12.8. The smallest absolute Gasteiger partial charge is 0.326 e. The molecule has 0 aromatic carbocycles. The van der Waals surface area contributed by atoms with Crippen LogP contribution in [0.3, 0.4) is 0 Å². The highest BCUT2D eigenvalue weighted by molar-refractivity contribution is 6.08. The monoisotopic (exact) mass is 303 g/mol. The molecule has 0 spiro atoms. The summed E-state index contributed by atoms with van der Waals surface area (Å²) in [5, 5.41) is 9.50. The summed E-state index contributed by atoms with van der Waals surface area (Å²) in [7, 11) is 0. The first-order valence-electron chi connectivity index (χ1n) is 8.20. The molecule has 0 radical (unpaired) electrons. The lowest BCUT2D eigenvalue weighted by atomic mass is 9.63. The van der Waals surface area contributed by atoms with Crippen LogP contribution in [0.25, 0.3) is 0 Å². The van der Waals surface area contributed by atoms with Crippen molar-refractivity contribution < 1.29 is 19.5 Å². The average Bonchev–Trinajstić information content (AvgIpc) is 3.22. The molecular formula is C17H21NO4. The molecule has 22 heavy (non-hydrogen) atoms. The Labute approximate surface area is 129 Å². The molecule has 0 aromatic heterocycles. The number of aliphatic carboxylic acids is 1. The van der Waals surface area contributed by atoms with Crippen LogP contribution in [0.4, 0.5) is 0 Å². The molecule has 4 aliphatic carbocycles. The lowest BCUT2D eigenvalue weighted by molar-refractivity contribution is -0.155. The molecule has 5 rings (SSSR count). The zero-order chi connectivity index (χ0) is 15.8. The molecule has 118 valence electrons. The predicted octanol–water partition coefficient (Wildman–Crippen LogP) is 1.54. The first-order chi connectivity index (χ1) is 10.4. The molecular weight excluding hydrogens is 282 g/mol. The molecule has 1 aliphatic heterocycles. The van der Waals surface area contributed by atoms with E-state index >= 15 is 0 Å². The number of amides is 2. The molecule has 1 N–H and O–H groups in total. The second-order valence-electron chi connectivity index (χ2n) is 7.68. The molecule has 2 amide bonds. The SMILES string of the molecule is CC(C)C[C@@H](C(=O)O)N1C(=O)[C@@H]2[C@@H]3C=C[C@@H]([C@H]4C[C@@H]34)[C@@H]2C1=O. The standard InChI is InChI=1S/C17H21NO4/c1-7(2)5-12(17(21)22)18-15(19)13-8-3-4-9(11-6-10(8)11)14(13)16(18)20/h3-4,7-14H,5-6H2,1-2H3,(H,21,22)/t8-,9+,10+,11-,12-,13-,14+/m0/s1. The normalized spacial score (nSPS) is 42.6. The predicted molar refractivity (Wildman–Crippen MR) is 77.4 cm³/mol. The van der Waals surface area contributed by atoms with Gasteiger partial charge in [0.15, 0.2) is 0 Å². The Morgan fingerprint density at radius 1 is 1.18 bits per heavy atom. The Morgan fingerprint density at radius 3 is 2.09 bits per heavy atom. The van der Waals surface area contributed by atoms with E-state index in [1.807, 2.05) is 13.8 Å². The number of hydrogen-bond donors (Lipinski definition) is 1. The summed E-state index contributed by atoms with van der Waals surface area (Å²) in [6.07, 6.45) is 5.64.